The van der Waals surface area contributed by atoms with Crippen LogP contribution in [0.1, 0.15) is 22.9 Å². The van der Waals surface area contributed by atoms with E-state index in [-0.39, 0.29) is 5.02 Å². The van der Waals surface area contributed by atoms with Crippen molar-refractivity contribution in [2.24, 2.45) is 5.73 Å². The van der Waals surface area contributed by atoms with Crippen LogP contribution in [0.5, 0.6) is 0 Å². The third-order valence-electron chi connectivity index (χ3n) is 2.68. The van der Waals surface area contributed by atoms with Gasteiger partial charge in [0.15, 0.2) is 0 Å². The third kappa shape index (κ3) is 2.55. The highest BCUT2D eigenvalue weighted by Crippen LogP contribution is 2.31. The Morgan fingerprint density at radius 1 is 1.39 bits per heavy atom. The summed E-state index contributed by atoms with van der Waals surface area (Å²) in [6.07, 6.45) is 1.66. The van der Waals surface area contributed by atoms with Gasteiger partial charge < -0.3 is 5.73 Å². The Labute approximate surface area is 118 Å². The molecule has 2 aromatic rings. The molecular weight excluding hydrogens is 319 g/mol. The summed E-state index contributed by atoms with van der Waals surface area (Å²) < 4.78 is 14.6. The Hall–Kier alpha value is -0.970. The van der Waals surface area contributed by atoms with Gasteiger partial charge in [-0.2, -0.15) is 0 Å². The molecule has 0 aliphatic carbocycles. The fourth-order valence-electron chi connectivity index (χ4n) is 1.72. The number of halogens is 3. The van der Waals surface area contributed by atoms with Crippen molar-refractivity contribution < 1.29 is 4.39 Å². The number of rotatable bonds is 2. The average Bonchev–Trinajstić information content (AvgIpc) is 2.35. The summed E-state index contributed by atoms with van der Waals surface area (Å²) >= 11 is 9.03. The van der Waals surface area contributed by atoms with E-state index in [4.69, 9.17) is 17.3 Å². The topological polar surface area (TPSA) is 38.9 Å². The maximum Gasteiger partial charge on any atom is 0.148 e. The molecule has 0 saturated heterocycles. The zero-order valence-electron chi connectivity index (χ0n) is 9.62. The Bertz CT molecular complexity index is 589. The molecule has 0 spiro atoms. The summed E-state index contributed by atoms with van der Waals surface area (Å²) in [7, 11) is 0. The van der Waals surface area contributed by atoms with Crippen LogP contribution in [0.15, 0.2) is 34.9 Å². The van der Waals surface area contributed by atoms with Gasteiger partial charge in [-0.25, -0.2) is 4.39 Å². The van der Waals surface area contributed by atoms with Crippen LogP contribution in [0.4, 0.5) is 4.39 Å². The first-order chi connectivity index (χ1) is 8.50. The van der Waals surface area contributed by atoms with Crippen LogP contribution < -0.4 is 5.73 Å². The number of nitrogens with two attached hydrogens (primary N) is 1. The van der Waals surface area contributed by atoms with Crippen molar-refractivity contribution in [3.63, 3.8) is 0 Å². The molecule has 94 valence electrons. The van der Waals surface area contributed by atoms with E-state index in [1.807, 2.05) is 13.0 Å². The van der Waals surface area contributed by atoms with Gasteiger partial charge in [-0.1, -0.05) is 17.7 Å². The van der Waals surface area contributed by atoms with Crippen LogP contribution in [-0.2, 0) is 0 Å². The third-order valence-corrected chi connectivity index (χ3v) is 3.94. The number of pyridine rings is 1. The summed E-state index contributed by atoms with van der Waals surface area (Å²) in [4.78, 5) is 4.09. The molecule has 2 N–H and O–H groups in total. The second-order valence-corrected chi connectivity index (χ2v) is 5.21. The van der Waals surface area contributed by atoms with Crippen LogP contribution in [0.2, 0.25) is 5.02 Å². The molecule has 0 bridgehead atoms. The molecule has 5 heteroatoms. The number of benzene rings is 1. The monoisotopic (exact) mass is 328 g/mol. The molecule has 2 nitrogen and oxygen atoms in total. The van der Waals surface area contributed by atoms with Crippen molar-refractivity contribution in [1.29, 1.82) is 0 Å². The maximum atomic E-state index is 14.0. The zero-order valence-corrected chi connectivity index (χ0v) is 12.0. The van der Waals surface area contributed by atoms with Crippen LogP contribution in [0, 0.1) is 12.7 Å². The molecule has 0 saturated carbocycles. The van der Waals surface area contributed by atoms with Gasteiger partial charge in [-0.15, -0.1) is 0 Å². The Morgan fingerprint density at radius 2 is 2.11 bits per heavy atom. The predicted octanol–water partition coefficient (Wildman–Crippen LogP) is 3.99. The lowest BCUT2D eigenvalue weighted by atomic mass is 9.99. The molecule has 1 atom stereocenters. The molecule has 18 heavy (non-hydrogen) atoms. The van der Waals surface area contributed by atoms with E-state index in [0.717, 1.165) is 11.3 Å². The Balaban J connectivity index is 2.46. The molecule has 1 aromatic carbocycles. The minimum atomic E-state index is -0.558. The number of aromatic nitrogens is 1. The highest BCUT2D eigenvalue weighted by atomic mass is 79.9. The minimum absolute atomic E-state index is 0.0497. The highest BCUT2D eigenvalue weighted by molar-refractivity contribution is 9.10. The van der Waals surface area contributed by atoms with Crippen LogP contribution in [0.3, 0.4) is 0 Å². The summed E-state index contributed by atoms with van der Waals surface area (Å²) in [5, 5.41) is 0.0497. The molecule has 1 aromatic heterocycles. The van der Waals surface area contributed by atoms with E-state index in [1.165, 1.54) is 0 Å². The number of hydrogen-bond acceptors (Lipinski definition) is 2. The minimum Gasteiger partial charge on any atom is -0.320 e. The second kappa shape index (κ2) is 5.34. The van der Waals surface area contributed by atoms with E-state index in [2.05, 4.69) is 20.9 Å². The van der Waals surface area contributed by atoms with Crippen LogP contribution in [-0.4, -0.2) is 4.98 Å². The van der Waals surface area contributed by atoms with Gasteiger partial charge >= 0.3 is 0 Å². The van der Waals surface area contributed by atoms with E-state index in [0.29, 0.717) is 10.0 Å². The Kier molecular flexibility index (Phi) is 4.00. The smallest absolute Gasteiger partial charge is 0.148 e. The predicted molar refractivity (Wildman–Crippen MR) is 74.1 cm³/mol. The summed E-state index contributed by atoms with van der Waals surface area (Å²) in [6, 6.07) is 6.37. The van der Waals surface area contributed by atoms with Gasteiger partial charge in [-0.3, -0.25) is 4.98 Å². The zero-order chi connectivity index (χ0) is 13.3. The Morgan fingerprint density at radius 3 is 2.78 bits per heavy atom. The van der Waals surface area contributed by atoms with Gasteiger partial charge in [0.1, 0.15) is 5.82 Å². The lowest BCUT2D eigenvalue weighted by molar-refractivity contribution is 0.599. The van der Waals surface area contributed by atoms with Crippen molar-refractivity contribution >= 4 is 27.5 Å². The fourth-order valence-corrected chi connectivity index (χ4v) is 2.20. The molecule has 0 fully saturated rings. The van der Waals surface area contributed by atoms with Crippen molar-refractivity contribution in [3.8, 4) is 0 Å². The molecule has 0 aliphatic heterocycles. The largest absolute Gasteiger partial charge is 0.320 e. The van der Waals surface area contributed by atoms with E-state index in [9.17, 15) is 4.39 Å². The summed E-state index contributed by atoms with van der Waals surface area (Å²) in [5.74, 6) is -0.493. The van der Waals surface area contributed by atoms with Crippen molar-refractivity contribution in [2.45, 2.75) is 13.0 Å². The maximum absolute atomic E-state index is 14.0. The normalized spacial score (nSPS) is 12.5. The second-order valence-electron chi connectivity index (χ2n) is 3.97. The lowest BCUT2D eigenvalue weighted by Crippen LogP contribution is -2.14. The molecule has 1 heterocycles. The highest BCUT2D eigenvalue weighted by Gasteiger charge is 2.17. The summed E-state index contributed by atoms with van der Waals surface area (Å²) in [6.45, 7) is 1.86. The summed E-state index contributed by atoms with van der Waals surface area (Å²) in [5.41, 5.74) is 8.08. The van der Waals surface area contributed by atoms with Crippen molar-refractivity contribution in [1.82, 2.24) is 4.98 Å². The van der Waals surface area contributed by atoms with E-state index >= 15 is 0 Å². The van der Waals surface area contributed by atoms with Gasteiger partial charge in [0, 0.05) is 21.9 Å². The SMILES string of the molecule is Cc1cc(C(N)c2ccc(Br)c(Cl)c2F)ccn1. The standard InChI is InChI=1S/C13H11BrClFN2/c1-7-6-8(4-5-18-7)13(17)9-2-3-10(14)11(15)12(9)16/h2-6,13H,17H2,1H3. The average molecular weight is 330 g/mol. The first-order valence-corrected chi connectivity index (χ1v) is 6.49. The van der Waals surface area contributed by atoms with Crippen molar-refractivity contribution in [2.75, 3.05) is 0 Å². The molecule has 0 radical (unpaired) electrons. The lowest BCUT2D eigenvalue weighted by Gasteiger charge is -2.15. The van der Waals surface area contributed by atoms with Gasteiger partial charge in [-0.05, 0) is 46.6 Å². The number of aryl methyl sites for hydroxylation is 1. The molecule has 1 unspecified atom stereocenters. The van der Waals surface area contributed by atoms with Crippen LogP contribution in [0.25, 0.3) is 0 Å². The van der Waals surface area contributed by atoms with Crippen molar-refractivity contribution in [3.05, 3.63) is 62.6 Å². The molecular formula is C13H11BrClFN2. The first-order valence-electron chi connectivity index (χ1n) is 5.32. The molecule has 0 amide bonds. The van der Waals surface area contributed by atoms with E-state index in [1.54, 1.807) is 24.4 Å². The van der Waals surface area contributed by atoms with Gasteiger partial charge in [0.05, 0.1) is 11.1 Å². The van der Waals surface area contributed by atoms with E-state index < -0.39 is 11.9 Å². The fraction of sp³-hybridized carbons (Fsp3) is 0.154. The molecule has 2 rings (SSSR count). The van der Waals surface area contributed by atoms with Gasteiger partial charge in [0.2, 0.25) is 0 Å². The number of nitrogens with zero attached hydrogens (tertiary/aromatic N) is 1. The molecule has 0 aliphatic rings. The quantitative estimate of drug-likeness (QED) is 0.846. The first kappa shape index (κ1) is 13.5. The van der Waals surface area contributed by atoms with Gasteiger partial charge in [0.25, 0.3) is 0 Å². The number of hydrogen-bond donors (Lipinski definition) is 1. The van der Waals surface area contributed by atoms with Crippen LogP contribution >= 0.6 is 27.5 Å².